The molecule has 0 aliphatic carbocycles. The van der Waals surface area contributed by atoms with Crippen molar-refractivity contribution in [2.24, 2.45) is 0 Å². The summed E-state index contributed by atoms with van der Waals surface area (Å²) in [6.45, 7) is 1.62. The molecule has 1 N–H and O–H groups in total. The third kappa shape index (κ3) is 1.26. The van der Waals surface area contributed by atoms with E-state index in [9.17, 15) is 13.9 Å². The van der Waals surface area contributed by atoms with E-state index in [0.717, 1.165) is 0 Å². The molecule has 0 aliphatic rings. The van der Waals surface area contributed by atoms with Crippen LogP contribution in [0.2, 0.25) is 0 Å². The fraction of sp³-hybridized carbons (Fsp3) is 0.200. The number of phenolic OH excluding ortho intramolecular Hbond substituents is 1. The van der Waals surface area contributed by atoms with Gasteiger partial charge in [0.05, 0.1) is 0 Å². The van der Waals surface area contributed by atoms with E-state index in [4.69, 9.17) is 0 Å². The van der Waals surface area contributed by atoms with Gasteiger partial charge in [-0.15, -0.1) is 11.3 Å². The number of fused-ring (bicyclic) bond motifs is 1. The Morgan fingerprint density at radius 1 is 1.43 bits per heavy atom. The van der Waals surface area contributed by atoms with Crippen LogP contribution in [-0.2, 0) is 0 Å². The van der Waals surface area contributed by atoms with E-state index in [1.807, 2.05) is 0 Å². The Labute approximate surface area is 83.6 Å². The molecule has 4 heteroatoms. The van der Waals surface area contributed by atoms with Crippen LogP contribution >= 0.6 is 11.3 Å². The van der Waals surface area contributed by atoms with E-state index in [0.29, 0.717) is 15.6 Å². The fourth-order valence-electron chi connectivity index (χ4n) is 1.46. The Balaban J connectivity index is 2.84. The van der Waals surface area contributed by atoms with Crippen LogP contribution in [0.25, 0.3) is 10.1 Å². The van der Waals surface area contributed by atoms with Gasteiger partial charge in [0.2, 0.25) is 0 Å². The zero-order valence-corrected chi connectivity index (χ0v) is 8.24. The SMILES string of the molecule is Cc1cc(C(F)F)c2sccc2c1O. The molecule has 74 valence electrons. The number of hydrogen-bond acceptors (Lipinski definition) is 2. The standard InChI is InChI=1S/C10H8F2OS/c1-5-4-7(10(11)12)9-6(8(5)13)2-3-14-9/h2-4,10,13H,1H3. The maximum absolute atomic E-state index is 12.6. The van der Waals surface area contributed by atoms with E-state index in [1.54, 1.807) is 18.4 Å². The van der Waals surface area contributed by atoms with E-state index < -0.39 is 6.43 Å². The highest BCUT2D eigenvalue weighted by atomic mass is 32.1. The fourth-order valence-corrected chi connectivity index (χ4v) is 2.38. The molecule has 0 unspecified atom stereocenters. The number of aromatic hydroxyl groups is 1. The monoisotopic (exact) mass is 214 g/mol. The van der Waals surface area contributed by atoms with Crippen LogP contribution in [0, 0.1) is 6.92 Å². The molecule has 0 saturated heterocycles. The lowest BCUT2D eigenvalue weighted by molar-refractivity contribution is 0.153. The number of aryl methyl sites for hydroxylation is 1. The average molecular weight is 214 g/mol. The van der Waals surface area contributed by atoms with Gasteiger partial charge in [-0.1, -0.05) is 0 Å². The lowest BCUT2D eigenvalue weighted by atomic mass is 10.1. The van der Waals surface area contributed by atoms with Gasteiger partial charge in [-0.25, -0.2) is 8.78 Å². The van der Waals surface area contributed by atoms with Gasteiger partial charge in [-0.05, 0) is 30.0 Å². The average Bonchev–Trinajstić information content (AvgIpc) is 2.59. The Hall–Kier alpha value is -1.16. The van der Waals surface area contributed by atoms with Gasteiger partial charge in [0, 0.05) is 15.6 Å². The normalized spacial score (nSPS) is 11.4. The lowest BCUT2D eigenvalue weighted by Crippen LogP contribution is -1.86. The molecule has 1 aromatic carbocycles. The van der Waals surface area contributed by atoms with Gasteiger partial charge in [-0.3, -0.25) is 0 Å². The highest BCUT2D eigenvalue weighted by Gasteiger charge is 2.16. The van der Waals surface area contributed by atoms with Crippen molar-refractivity contribution in [3.63, 3.8) is 0 Å². The minimum Gasteiger partial charge on any atom is -0.507 e. The van der Waals surface area contributed by atoms with Crippen molar-refractivity contribution < 1.29 is 13.9 Å². The molecule has 0 amide bonds. The van der Waals surface area contributed by atoms with Crippen LogP contribution in [0.4, 0.5) is 8.78 Å². The molecule has 2 aromatic rings. The molecule has 0 atom stereocenters. The van der Waals surface area contributed by atoms with Crippen molar-refractivity contribution in [2.75, 3.05) is 0 Å². The molecule has 0 radical (unpaired) electrons. The van der Waals surface area contributed by atoms with Crippen molar-refractivity contribution in [3.05, 3.63) is 28.6 Å². The molecule has 0 bridgehead atoms. The molecule has 1 nitrogen and oxygen atoms in total. The number of phenols is 1. The molecule has 0 fully saturated rings. The maximum atomic E-state index is 12.6. The molecule has 0 saturated carbocycles. The highest BCUT2D eigenvalue weighted by molar-refractivity contribution is 7.17. The summed E-state index contributed by atoms with van der Waals surface area (Å²) in [6.07, 6.45) is -2.49. The van der Waals surface area contributed by atoms with Gasteiger partial charge in [0.25, 0.3) is 6.43 Å². The van der Waals surface area contributed by atoms with E-state index >= 15 is 0 Å². The second-order valence-corrected chi connectivity index (χ2v) is 4.01. The first-order chi connectivity index (χ1) is 6.61. The van der Waals surface area contributed by atoms with E-state index in [2.05, 4.69) is 0 Å². The molecule has 2 rings (SSSR count). The van der Waals surface area contributed by atoms with Crippen LogP contribution < -0.4 is 0 Å². The van der Waals surface area contributed by atoms with Gasteiger partial charge >= 0.3 is 0 Å². The summed E-state index contributed by atoms with van der Waals surface area (Å²) in [5.74, 6) is 0.102. The lowest BCUT2D eigenvalue weighted by Gasteiger charge is -2.06. The Morgan fingerprint density at radius 3 is 2.79 bits per heavy atom. The Kier molecular flexibility index (Phi) is 2.15. The minimum atomic E-state index is -2.49. The molecule has 14 heavy (non-hydrogen) atoms. The van der Waals surface area contributed by atoms with Crippen molar-refractivity contribution in [1.82, 2.24) is 0 Å². The summed E-state index contributed by atoms with van der Waals surface area (Å²) < 4.78 is 25.7. The summed E-state index contributed by atoms with van der Waals surface area (Å²) in [5.41, 5.74) is 0.497. The minimum absolute atomic E-state index is 0.00491. The third-order valence-corrected chi connectivity index (χ3v) is 3.13. The quantitative estimate of drug-likeness (QED) is 0.764. The highest BCUT2D eigenvalue weighted by Crippen LogP contribution is 2.38. The first-order valence-corrected chi connectivity index (χ1v) is 4.97. The van der Waals surface area contributed by atoms with Gasteiger partial charge in [-0.2, -0.15) is 0 Å². The first-order valence-electron chi connectivity index (χ1n) is 4.09. The molecule has 1 aromatic heterocycles. The molecular weight excluding hydrogens is 206 g/mol. The molecule has 1 heterocycles. The summed E-state index contributed by atoms with van der Waals surface area (Å²) in [5, 5.41) is 11.8. The first kappa shape index (κ1) is 9.40. The maximum Gasteiger partial charge on any atom is 0.265 e. The van der Waals surface area contributed by atoms with Crippen LogP contribution in [-0.4, -0.2) is 5.11 Å². The number of halogens is 2. The zero-order chi connectivity index (χ0) is 10.3. The summed E-state index contributed by atoms with van der Waals surface area (Å²) in [4.78, 5) is 0. The number of rotatable bonds is 1. The van der Waals surface area contributed by atoms with E-state index in [1.165, 1.54) is 17.4 Å². The number of hydrogen-bond donors (Lipinski definition) is 1. The Morgan fingerprint density at radius 2 is 2.14 bits per heavy atom. The van der Waals surface area contributed by atoms with Gasteiger partial charge < -0.3 is 5.11 Å². The number of thiophene rings is 1. The van der Waals surface area contributed by atoms with Crippen LogP contribution in [0.15, 0.2) is 17.5 Å². The smallest absolute Gasteiger partial charge is 0.265 e. The van der Waals surface area contributed by atoms with Crippen molar-refractivity contribution >= 4 is 21.4 Å². The number of benzene rings is 1. The van der Waals surface area contributed by atoms with Crippen LogP contribution in [0.5, 0.6) is 5.75 Å². The predicted octanol–water partition coefficient (Wildman–Crippen LogP) is 3.85. The predicted molar refractivity (Wildman–Crippen MR) is 53.2 cm³/mol. The Bertz CT molecular complexity index is 476. The second-order valence-electron chi connectivity index (χ2n) is 3.10. The zero-order valence-electron chi connectivity index (χ0n) is 7.42. The van der Waals surface area contributed by atoms with Gasteiger partial charge in [0.15, 0.2) is 0 Å². The molecular formula is C10H8F2OS. The van der Waals surface area contributed by atoms with Crippen molar-refractivity contribution in [1.29, 1.82) is 0 Å². The van der Waals surface area contributed by atoms with Gasteiger partial charge in [0.1, 0.15) is 5.75 Å². The van der Waals surface area contributed by atoms with Crippen LogP contribution in [0.3, 0.4) is 0 Å². The molecule has 0 spiro atoms. The largest absolute Gasteiger partial charge is 0.507 e. The van der Waals surface area contributed by atoms with Crippen molar-refractivity contribution in [3.8, 4) is 5.75 Å². The number of alkyl halides is 2. The summed E-state index contributed by atoms with van der Waals surface area (Å²) in [7, 11) is 0. The third-order valence-electron chi connectivity index (χ3n) is 2.16. The summed E-state index contributed by atoms with van der Waals surface area (Å²) in [6, 6.07) is 3.01. The second kappa shape index (κ2) is 3.20. The molecule has 0 aliphatic heterocycles. The summed E-state index contributed by atoms with van der Waals surface area (Å²) >= 11 is 1.23. The van der Waals surface area contributed by atoms with E-state index in [-0.39, 0.29) is 11.3 Å². The topological polar surface area (TPSA) is 20.2 Å². The van der Waals surface area contributed by atoms with Crippen LogP contribution in [0.1, 0.15) is 17.6 Å². The van der Waals surface area contributed by atoms with Crippen molar-refractivity contribution in [2.45, 2.75) is 13.3 Å².